The minimum atomic E-state index is -4.83. The molecule has 2 fully saturated rings. The molecule has 1 aromatic rings. The topological polar surface area (TPSA) is 109 Å². The lowest BCUT2D eigenvalue weighted by molar-refractivity contribution is -0.274. The average Bonchev–Trinajstić information content (AvgIpc) is 2.64. The standard InChI is InChI=1S/C18H24F4N6O2/c1-27(24)14(26-23)25-15(29)28-7-5-16(6-8-28)10-17(19,11-16)12-3-2-4-13(9-12)30-18(20,21)22/h2-4,9H,5-8,10-11,23-24H2,1H3,(H,25,26,29). The van der Waals surface area contributed by atoms with Crippen molar-refractivity contribution in [3.63, 3.8) is 0 Å². The number of amides is 2. The van der Waals surface area contributed by atoms with Crippen molar-refractivity contribution in [1.29, 1.82) is 0 Å². The highest BCUT2D eigenvalue weighted by Crippen LogP contribution is 2.61. The first-order valence-corrected chi connectivity index (χ1v) is 9.33. The van der Waals surface area contributed by atoms with Gasteiger partial charge in [0.15, 0.2) is 0 Å². The van der Waals surface area contributed by atoms with Crippen LogP contribution in [0.15, 0.2) is 29.4 Å². The molecule has 1 aromatic carbocycles. The predicted molar refractivity (Wildman–Crippen MR) is 100 cm³/mol. The summed E-state index contributed by atoms with van der Waals surface area (Å²) in [5.74, 6) is 10.2. The summed E-state index contributed by atoms with van der Waals surface area (Å²) in [6.07, 6.45) is -3.29. The van der Waals surface area contributed by atoms with Crippen LogP contribution in [0.2, 0.25) is 0 Å². The molecule has 166 valence electrons. The van der Waals surface area contributed by atoms with Crippen LogP contribution in [0.5, 0.6) is 5.75 Å². The van der Waals surface area contributed by atoms with Crippen molar-refractivity contribution in [1.82, 2.24) is 15.2 Å². The fraction of sp³-hybridized carbons (Fsp3) is 0.556. The van der Waals surface area contributed by atoms with E-state index in [1.165, 1.54) is 19.2 Å². The number of benzene rings is 1. The number of urea groups is 1. The van der Waals surface area contributed by atoms with Crippen molar-refractivity contribution < 1.29 is 27.1 Å². The maximum absolute atomic E-state index is 15.4. The summed E-state index contributed by atoms with van der Waals surface area (Å²) in [6, 6.07) is 4.65. The van der Waals surface area contributed by atoms with E-state index in [0.29, 0.717) is 25.9 Å². The number of hydrazine groups is 1. The quantitative estimate of drug-likeness (QED) is 0.219. The number of piperidine rings is 1. The summed E-state index contributed by atoms with van der Waals surface area (Å²) in [4.78, 5) is 13.9. The Bertz CT molecular complexity index is 813. The van der Waals surface area contributed by atoms with Crippen LogP contribution in [0.3, 0.4) is 0 Å². The van der Waals surface area contributed by atoms with Gasteiger partial charge < -0.3 is 15.5 Å². The first-order chi connectivity index (χ1) is 14.0. The minimum absolute atomic E-state index is 0.00710. The molecule has 0 bridgehead atoms. The summed E-state index contributed by atoms with van der Waals surface area (Å²) in [5.41, 5.74) is -1.83. The van der Waals surface area contributed by atoms with Crippen molar-refractivity contribution in [2.45, 2.75) is 37.7 Å². The lowest BCUT2D eigenvalue weighted by Gasteiger charge is -2.55. The maximum atomic E-state index is 15.4. The number of hydrogen-bond acceptors (Lipinski definition) is 5. The zero-order valence-corrected chi connectivity index (χ0v) is 16.4. The van der Waals surface area contributed by atoms with E-state index in [-0.39, 0.29) is 29.8 Å². The second-order valence-electron chi connectivity index (χ2n) is 7.88. The highest BCUT2D eigenvalue weighted by molar-refractivity contribution is 5.95. The molecular formula is C18H24F4N6O2. The number of carbonyl (C=O) groups is 1. The molecular weight excluding hydrogens is 408 g/mol. The summed E-state index contributed by atoms with van der Waals surface area (Å²) < 4.78 is 56.5. The molecule has 1 saturated heterocycles. The molecule has 30 heavy (non-hydrogen) atoms. The van der Waals surface area contributed by atoms with Crippen LogP contribution in [0, 0.1) is 5.41 Å². The number of halogens is 4. The monoisotopic (exact) mass is 432 g/mol. The largest absolute Gasteiger partial charge is 0.573 e. The SMILES string of the molecule is CN(N)/C(=N\N)NC(=O)N1CCC2(CC1)CC(F)(c1cccc(OC(F)(F)F)c1)C2. The number of hydrogen-bond donors (Lipinski definition) is 3. The van der Waals surface area contributed by atoms with Crippen LogP contribution in [0.1, 0.15) is 31.2 Å². The molecule has 2 aliphatic rings. The van der Waals surface area contributed by atoms with Crippen LogP contribution in [-0.2, 0) is 5.67 Å². The molecule has 0 unspecified atom stereocenters. The van der Waals surface area contributed by atoms with Gasteiger partial charge in [-0.3, -0.25) is 10.3 Å². The lowest BCUT2D eigenvalue weighted by Crippen LogP contribution is -2.56. The number of likely N-dealkylation sites (tertiary alicyclic amines) is 1. The number of hydrazone groups is 1. The van der Waals surface area contributed by atoms with E-state index in [2.05, 4.69) is 15.2 Å². The van der Waals surface area contributed by atoms with Gasteiger partial charge in [0.2, 0.25) is 5.96 Å². The summed E-state index contributed by atoms with van der Waals surface area (Å²) >= 11 is 0. The lowest BCUT2D eigenvalue weighted by atomic mass is 9.54. The van der Waals surface area contributed by atoms with Crippen molar-refractivity contribution >= 4 is 12.0 Å². The highest BCUT2D eigenvalue weighted by atomic mass is 19.4. The van der Waals surface area contributed by atoms with E-state index in [1.807, 2.05) is 0 Å². The number of ether oxygens (including phenoxy) is 1. The normalized spacial score (nSPS) is 20.5. The zero-order valence-electron chi connectivity index (χ0n) is 16.4. The van der Waals surface area contributed by atoms with Gasteiger partial charge in [0, 0.05) is 20.1 Å². The van der Waals surface area contributed by atoms with Crippen LogP contribution in [-0.4, -0.2) is 48.4 Å². The van der Waals surface area contributed by atoms with Gasteiger partial charge in [-0.1, -0.05) is 12.1 Å². The first-order valence-electron chi connectivity index (χ1n) is 9.33. The van der Waals surface area contributed by atoms with Crippen molar-refractivity contribution in [3.8, 4) is 5.75 Å². The van der Waals surface area contributed by atoms with Gasteiger partial charge >= 0.3 is 12.4 Å². The van der Waals surface area contributed by atoms with Gasteiger partial charge in [-0.25, -0.2) is 15.0 Å². The number of alkyl halides is 4. The van der Waals surface area contributed by atoms with E-state index < -0.39 is 23.8 Å². The van der Waals surface area contributed by atoms with E-state index in [1.54, 1.807) is 4.90 Å². The number of nitrogens with zero attached hydrogens (tertiary/aromatic N) is 3. The molecule has 8 nitrogen and oxygen atoms in total. The molecule has 0 aromatic heterocycles. The Morgan fingerprint density at radius 3 is 2.47 bits per heavy atom. The third-order valence-electron chi connectivity index (χ3n) is 5.68. The summed E-state index contributed by atoms with van der Waals surface area (Å²) in [6.45, 7) is 0.816. The summed E-state index contributed by atoms with van der Waals surface area (Å²) in [5, 5.41) is 6.96. The number of nitrogens with one attached hydrogen (secondary N) is 1. The smallest absolute Gasteiger partial charge is 0.406 e. The Labute approximate surface area is 170 Å². The second kappa shape index (κ2) is 7.82. The third kappa shape index (κ3) is 4.69. The number of nitrogens with two attached hydrogens (primary N) is 2. The fourth-order valence-corrected chi connectivity index (χ4v) is 4.24. The van der Waals surface area contributed by atoms with Gasteiger partial charge in [0.05, 0.1) is 0 Å². The molecule has 2 amide bonds. The Kier molecular flexibility index (Phi) is 5.72. The number of guanidine groups is 1. The third-order valence-corrected chi connectivity index (χ3v) is 5.68. The molecule has 3 rings (SSSR count). The molecule has 1 spiro atoms. The van der Waals surface area contributed by atoms with Crippen molar-refractivity contribution in [2.24, 2.45) is 22.2 Å². The van der Waals surface area contributed by atoms with Crippen LogP contribution in [0.4, 0.5) is 22.4 Å². The van der Waals surface area contributed by atoms with Crippen LogP contribution < -0.4 is 21.7 Å². The minimum Gasteiger partial charge on any atom is -0.406 e. The molecule has 1 aliphatic carbocycles. The Hall–Kier alpha value is -2.76. The van der Waals surface area contributed by atoms with Gasteiger partial charge in [0.1, 0.15) is 11.4 Å². The van der Waals surface area contributed by atoms with E-state index in [0.717, 1.165) is 17.1 Å². The van der Waals surface area contributed by atoms with Crippen LogP contribution >= 0.6 is 0 Å². The molecule has 0 radical (unpaired) electrons. The Morgan fingerprint density at radius 2 is 1.93 bits per heavy atom. The van der Waals surface area contributed by atoms with E-state index in [4.69, 9.17) is 11.7 Å². The Balaban J connectivity index is 1.58. The molecule has 1 aliphatic heterocycles. The van der Waals surface area contributed by atoms with Crippen molar-refractivity contribution in [3.05, 3.63) is 29.8 Å². The van der Waals surface area contributed by atoms with Crippen LogP contribution in [0.25, 0.3) is 0 Å². The fourth-order valence-electron chi connectivity index (χ4n) is 4.24. The van der Waals surface area contributed by atoms with Gasteiger partial charge in [-0.05, 0) is 48.8 Å². The average molecular weight is 432 g/mol. The van der Waals surface area contributed by atoms with Gasteiger partial charge in [-0.15, -0.1) is 18.3 Å². The number of rotatable bonds is 2. The summed E-state index contributed by atoms with van der Waals surface area (Å²) in [7, 11) is 1.47. The van der Waals surface area contributed by atoms with E-state index in [9.17, 15) is 18.0 Å². The number of carbonyl (C=O) groups excluding carboxylic acids is 1. The van der Waals surface area contributed by atoms with E-state index >= 15 is 4.39 Å². The second-order valence-corrected chi connectivity index (χ2v) is 7.88. The Morgan fingerprint density at radius 1 is 1.30 bits per heavy atom. The molecule has 1 heterocycles. The van der Waals surface area contributed by atoms with Gasteiger partial charge in [0.25, 0.3) is 0 Å². The first kappa shape index (κ1) is 21.9. The maximum Gasteiger partial charge on any atom is 0.573 e. The molecule has 12 heteroatoms. The molecule has 5 N–H and O–H groups in total. The molecule has 1 saturated carbocycles. The molecule has 0 atom stereocenters. The van der Waals surface area contributed by atoms with Crippen molar-refractivity contribution in [2.75, 3.05) is 20.1 Å². The highest BCUT2D eigenvalue weighted by Gasteiger charge is 2.57. The van der Waals surface area contributed by atoms with Gasteiger partial charge in [-0.2, -0.15) is 0 Å². The predicted octanol–water partition coefficient (Wildman–Crippen LogP) is 2.37. The zero-order chi connectivity index (χ0) is 22.2.